The second-order valence-electron chi connectivity index (χ2n) is 12.9. The van der Waals surface area contributed by atoms with Crippen LogP contribution >= 0.6 is 0 Å². The molecular formula is C30H54N10O10. The van der Waals surface area contributed by atoms with Crippen molar-refractivity contribution < 1.29 is 48.6 Å². The summed E-state index contributed by atoms with van der Waals surface area (Å²) in [4.78, 5) is 105. The molecule has 0 radical (unpaired) electrons. The Kier molecular flexibility index (Phi) is 19.7. The first-order chi connectivity index (χ1) is 23.1. The van der Waals surface area contributed by atoms with Crippen LogP contribution in [0.2, 0.25) is 0 Å². The normalized spacial score (nSPS) is 14.7. The third-order valence-corrected chi connectivity index (χ3v) is 7.22. The van der Waals surface area contributed by atoms with Gasteiger partial charge in [-0.05, 0) is 37.0 Å². The van der Waals surface area contributed by atoms with Gasteiger partial charge in [-0.15, -0.1) is 0 Å². The number of hydrogen-bond acceptors (Lipinski definition) is 10. The van der Waals surface area contributed by atoms with Crippen molar-refractivity contribution in [3.8, 4) is 0 Å². The number of carbonyl (C=O) groups excluding carboxylic acids is 6. The van der Waals surface area contributed by atoms with E-state index in [4.69, 9.17) is 22.9 Å². The number of nitrogens with zero attached hydrogens (tertiary/aromatic N) is 1. The third kappa shape index (κ3) is 17.4. The summed E-state index contributed by atoms with van der Waals surface area (Å²) in [6.45, 7) is 10.3. The monoisotopic (exact) mass is 714 g/mol. The number of rotatable bonds is 23. The highest BCUT2D eigenvalue weighted by atomic mass is 16.4. The molecule has 0 rings (SSSR count). The van der Waals surface area contributed by atoms with Crippen molar-refractivity contribution in [1.29, 1.82) is 0 Å². The summed E-state index contributed by atoms with van der Waals surface area (Å²) in [6.07, 6.45) is -1.61. The Hall–Kier alpha value is -5.01. The lowest BCUT2D eigenvalue weighted by Crippen LogP contribution is -2.61. The Morgan fingerprint density at radius 3 is 1.54 bits per heavy atom. The van der Waals surface area contributed by atoms with E-state index in [1.165, 1.54) is 0 Å². The molecule has 0 spiro atoms. The summed E-state index contributed by atoms with van der Waals surface area (Å²) in [6, 6.07) is -8.36. The smallest absolute Gasteiger partial charge is 0.326 e. The summed E-state index contributed by atoms with van der Waals surface area (Å²) in [5.41, 5.74) is 21.7. The summed E-state index contributed by atoms with van der Waals surface area (Å²) < 4.78 is 0. The lowest BCUT2D eigenvalue weighted by atomic mass is 9.98. The largest absolute Gasteiger partial charge is 0.481 e. The number of carboxylic acid groups (broad SMARTS) is 2. The molecule has 0 bridgehead atoms. The summed E-state index contributed by atoms with van der Waals surface area (Å²) in [5.74, 6) is -9.72. The molecule has 284 valence electrons. The summed E-state index contributed by atoms with van der Waals surface area (Å²) in [7, 11) is 0. The number of guanidine groups is 1. The van der Waals surface area contributed by atoms with Crippen molar-refractivity contribution in [3.05, 3.63) is 0 Å². The van der Waals surface area contributed by atoms with Gasteiger partial charge in [0.1, 0.15) is 30.2 Å². The number of hydrogen-bond donors (Lipinski definition) is 11. The minimum atomic E-state index is -1.84. The Morgan fingerprint density at radius 2 is 1.10 bits per heavy atom. The molecule has 0 aliphatic rings. The minimum absolute atomic E-state index is 0.0446. The van der Waals surface area contributed by atoms with Crippen LogP contribution in [0, 0.1) is 17.8 Å². The SMILES string of the molecule is CC(C)CC(NC(=O)C(N)C(C)C)C(=O)NC(C(=O)NC(CC(N)=O)C(=O)NC(CC(=O)O)C(=O)NC(CCCN=C(N)N)C(=O)O)C(C)C. The molecule has 20 heteroatoms. The molecule has 50 heavy (non-hydrogen) atoms. The van der Waals surface area contributed by atoms with E-state index in [1.807, 2.05) is 13.8 Å². The van der Waals surface area contributed by atoms with E-state index in [9.17, 15) is 48.6 Å². The number of nitrogens with one attached hydrogen (secondary N) is 5. The Labute approximate surface area is 290 Å². The van der Waals surface area contributed by atoms with Crippen LogP contribution < -0.4 is 49.5 Å². The average Bonchev–Trinajstić information content (AvgIpc) is 2.98. The summed E-state index contributed by atoms with van der Waals surface area (Å²) >= 11 is 0. The van der Waals surface area contributed by atoms with E-state index < -0.39 is 102 Å². The predicted octanol–water partition coefficient (Wildman–Crippen LogP) is -3.42. The first kappa shape index (κ1) is 45.0. The maximum absolute atomic E-state index is 13.4. The van der Waals surface area contributed by atoms with Gasteiger partial charge in [0, 0.05) is 6.54 Å². The van der Waals surface area contributed by atoms with E-state index in [0.717, 1.165) is 0 Å². The lowest BCUT2D eigenvalue weighted by molar-refractivity contribution is -0.144. The van der Waals surface area contributed by atoms with Crippen molar-refractivity contribution in [2.45, 2.75) is 110 Å². The molecule has 0 fully saturated rings. The van der Waals surface area contributed by atoms with Gasteiger partial charge >= 0.3 is 11.9 Å². The molecule has 6 atom stereocenters. The van der Waals surface area contributed by atoms with Gasteiger partial charge < -0.3 is 59.7 Å². The fourth-order valence-corrected chi connectivity index (χ4v) is 4.42. The Morgan fingerprint density at radius 1 is 0.620 bits per heavy atom. The molecule has 0 heterocycles. The highest BCUT2D eigenvalue weighted by Crippen LogP contribution is 2.10. The van der Waals surface area contributed by atoms with E-state index >= 15 is 0 Å². The van der Waals surface area contributed by atoms with Gasteiger partial charge in [-0.1, -0.05) is 41.5 Å². The molecule has 0 aliphatic carbocycles. The number of aliphatic imine (C=N–C) groups is 1. The van der Waals surface area contributed by atoms with Gasteiger partial charge in [0.25, 0.3) is 0 Å². The van der Waals surface area contributed by atoms with Gasteiger partial charge in [-0.3, -0.25) is 38.6 Å². The highest BCUT2D eigenvalue weighted by Gasteiger charge is 2.35. The molecule has 6 amide bonds. The third-order valence-electron chi connectivity index (χ3n) is 7.22. The molecule has 6 unspecified atom stereocenters. The molecule has 20 nitrogen and oxygen atoms in total. The minimum Gasteiger partial charge on any atom is -0.481 e. The Bertz CT molecular complexity index is 1250. The standard InChI is InChI=1S/C30H54N10O10/c1-13(2)10-17(38-27(47)22(32)14(3)4)26(46)40-23(15(5)6)28(48)39-18(11-20(31)41)24(44)37-19(12-21(42)43)25(45)36-16(29(49)50)8-7-9-35-30(33)34/h13-19,22-23H,7-12,32H2,1-6H3,(H2,31,41)(H,36,45)(H,37,44)(H,38,47)(H,39,48)(H,40,46)(H,42,43)(H,49,50)(H4,33,34,35). The molecule has 0 saturated heterocycles. The van der Waals surface area contributed by atoms with Crippen LogP contribution in [0.25, 0.3) is 0 Å². The molecule has 0 saturated carbocycles. The van der Waals surface area contributed by atoms with Crippen LogP contribution in [0.3, 0.4) is 0 Å². The van der Waals surface area contributed by atoms with Gasteiger partial charge in [0.2, 0.25) is 35.4 Å². The van der Waals surface area contributed by atoms with Crippen LogP contribution in [-0.4, -0.2) is 106 Å². The lowest BCUT2D eigenvalue weighted by Gasteiger charge is -2.29. The number of primary amides is 1. The molecule has 0 aromatic carbocycles. The topological polar surface area (TPSA) is 354 Å². The number of carboxylic acids is 2. The fourth-order valence-electron chi connectivity index (χ4n) is 4.42. The number of aliphatic carboxylic acids is 2. The van der Waals surface area contributed by atoms with Crippen LogP contribution in [0.5, 0.6) is 0 Å². The van der Waals surface area contributed by atoms with Crippen LogP contribution in [-0.2, 0) is 38.4 Å². The molecule has 15 N–H and O–H groups in total. The molecule has 0 aliphatic heterocycles. The van der Waals surface area contributed by atoms with Gasteiger partial charge in [0.15, 0.2) is 5.96 Å². The van der Waals surface area contributed by atoms with Crippen LogP contribution in [0.15, 0.2) is 4.99 Å². The van der Waals surface area contributed by atoms with Gasteiger partial charge in [-0.2, -0.15) is 0 Å². The van der Waals surface area contributed by atoms with E-state index in [0.29, 0.717) is 0 Å². The van der Waals surface area contributed by atoms with Crippen molar-refractivity contribution in [1.82, 2.24) is 26.6 Å². The summed E-state index contributed by atoms with van der Waals surface area (Å²) in [5, 5.41) is 30.7. The zero-order valence-corrected chi connectivity index (χ0v) is 29.4. The first-order valence-electron chi connectivity index (χ1n) is 16.1. The first-order valence-corrected chi connectivity index (χ1v) is 16.1. The van der Waals surface area contributed by atoms with E-state index in [1.54, 1.807) is 27.7 Å². The number of amides is 6. The van der Waals surface area contributed by atoms with E-state index in [-0.39, 0.29) is 43.6 Å². The van der Waals surface area contributed by atoms with Crippen molar-refractivity contribution in [2.24, 2.45) is 45.7 Å². The molecule has 0 aromatic rings. The van der Waals surface area contributed by atoms with Crippen molar-refractivity contribution in [2.75, 3.05) is 6.54 Å². The van der Waals surface area contributed by atoms with E-state index in [2.05, 4.69) is 31.6 Å². The van der Waals surface area contributed by atoms with Crippen molar-refractivity contribution in [3.63, 3.8) is 0 Å². The molecular weight excluding hydrogens is 660 g/mol. The van der Waals surface area contributed by atoms with Gasteiger partial charge in [-0.25, -0.2) is 4.79 Å². The average molecular weight is 715 g/mol. The quantitative estimate of drug-likeness (QED) is 0.0279. The second kappa shape index (κ2) is 21.9. The number of nitrogens with two attached hydrogens (primary N) is 4. The van der Waals surface area contributed by atoms with Crippen LogP contribution in [0.4, 0.5) is 0 Å². The zero-order valence-electron chi connectivity index (χ0n) is 29.4. The fraction of sp³-hybridized carbons (Fsp3) is 0.700. The number of carbonyl (C=O) groups is 8. The highest BCUT2D eigenvalue weighted by molar-refractivity contribution is 5.98. The molecule has 0 aromatic heterocycles. The van der Waals surface area contributed by atoms with Crippen molar-refractivity contribution >= 4 is 53.3 Å². The van der Waals surface area contributed by atoms with Gasteiger partial charge in [0.05, 0.1) is 18.9 Å². The zero-order chi connectivity index (χ0) is 38.9. The second-order valence-corrected chi connectivity index (χ2v) is 12.9. The Balaban J connectivity index is 6.05. The van der Waals surface area contributed by atoms with Crippen LogP contribution in [0.1, 0.15) is 73.6 Å². The maximum Gasteiger partial charge on any atom is 0.326 e. The maximum atomic E-state index is 13.4. The predicted molar refractivity (Wildman–Crippen MR) is 180 cm³/mol.